The Kier molecular flexibility index (Phi) is 6.99. The SMILES string of the molecule is CCCCCCCC(=O)c1cc(C)ccc1OC(C)=O. The van der Waals surface area contributed by atoms with Gasteiger partial charge in [-0.05, 0) is 25.5 Å². The number of carbonyl (C=O) groups excluding carboxylic acids is 2. The maximum absolute atomic E-state index is 12.2. The minimum Gasteiger partial charge on any atom is -0.426 e. The summed E-state index contributed by atoms with van der Waals surface area (Å²) in [7, 11) is 0. The van der Waals surface area contributed by atoms with Crippen molar-refractivity contribution in [2.24, 2.45) is 0 Å². The summed E-state index contributed by atoms with van der Waals surface area (Å²) in [5.41, 5.74) is 1.52. The van der Waals surface area contributed by atoms with E-state index in [0.717, 1.165) is 18.4 Å². The highest BCUT2D eigenvalue weighted by atomic mass is 16.5. The lowest BCUT2D eigenvalue weighted by molar-refractivity contribution is -0.131. The molecule has 0 aliphatic carbocycles. The first kappa shape index (κ1) is 16.4. The molecule has 0 saturated heterocycles. The number of Topliss-reactive ketones (excluding diaryl/α,β-unsaturated/α-hetero) is 1. The van der Waals surface area contributed by atoms with E-state index in [2.05, 4.69) is 6.92 Å². The Morgan fingerprint density at radius 3 is 2.45 bits per heavy atom. The van der Waals surface area contributed by atoms with E-state index < -0.39 is 5.97 Å². The second kappa shape index (κ2) is 8.51. The zero-order valence-electron chi connectivity index (χ0n) is 12.7. The maximum Gasteiger partial charge on any atom is 0.308 e. The molecule has 0 atom stereocenters. The van der Waals surface area contributed by atoms with E-state index in [-0.39, 0.29) is 5.78 Å². The van der Waals surface area contributed by atoms with Crippen molar-refractivity contribution in [2.75, 3.05) is 0 Å². The molecule has 110 valence electrons. The fourth-order valence-corrected chi connectivity index (χ4v) is 2.13. The molecule has 3 heteroatoms. The van der Waals surface area contributed by atoms with Gasteiger partial charge in [0.25, 0.3) is 0 Å². The van der Waals surface area contributed by atoms with Gasteiger partial charge in [0.15, 0.2) is 5.78 Å². The predicted molar refractivity (Wildman–Crippen MR) is 80.2 cm³/mol. The van der Waals surface area contributed by atoms with Gasteiger partial charge in [-0.1, -0.05) is 44.2 Å². The molecule has 0 aromatic heterocycles. The summed E-state index contributed by atoms with van der Waals surface area (Å²) >= 11 is 0. The van der Waals surface area contributed by atoms with Crippen LogP contribution in [0, 0.1) is 6.92 Å². The number of benzene rings is 1. The highest BCUT2D eigenvalue weighted by Gasteiger charge is 2.14. The van der Waals surface area contributed by atoms with Crippen LogP contribution in [0.5, 0.6) is 5.75 Å². The molecule has 0 heterocycles. The van der Waals surface area contributed by atoms with E-state index >= 15 is 0 Å². The average molecular weight is 276 g/mol. The summed E-state index contributed by atoms with van der Waals surface area (Å²) in [5, 5.41) is 0. The predicted octanol–water partition coefficient (Wildman–Crippen LogP) is 4.46. The summed E-state index contributed by atoms with van der Waals surface area (Å²) in [6.45, 7) is 5.44. The molecule has 0 spiro atoms. The Balaban J connectivity index is 2.65. The molecule has 0 saturated carbocycles. The molecule has 0 amide bonds. The zero-order chi connectivity index (χ0) is 15.0. The van der Waals surface area contributed by atoms with Gasteiger partial charge in [0.2, 0.25) is 0 Å². The first-order valence-electron chi connectivity index (χ1n) is 7.37. The number of unbranched alkanes of at least 4 members (excludes halogenated alkanes) is 4. The molecule has 0 N–H and O–H groups in total. The molecule has 20 heavy (non-hydrogen) atoms. The van der Waals surface area contributed by atoms with E-state index in [4.69, 9.17) is 4.74 Å². The first-order valence-corrected chi connectivity index (χ1v) is 7.37. The fraction of sp³-hybridized carbons (Fsp3) is 0.529. The summed E-state index contributed by atoms with van der Waals surface area (Å²) in [4.78, 5) is 23.3. The quantitative estimate of drug-likeness (QED) is 0.304. The number of ether oxygens (including phenoxy) is 1. The number of hydrogen-bond acceptors (Lipinski definition) is 3. The molecule has 0 radical (unpaired) electrons. The molecule has 0 aliphatic heterocycles. The van der Waals surface area contributed by atoms with Crippen molar-refractivity contribution in [1.29, 1.82) is 0 Å². The normalized spacial score (nSPS) is 10.3. The van der Waals surface area contributed by atoms with Crippen molar-refractivity contribution in [3.8, 4) is 5.75 Å². The van der Waals surface area contributed by atoms with Crippen LogP contribution in [0.3, 0.4) is 0 Å². The summed E-state index contributed by atoms with van der Waals surface area (Å²) < 4.78 is 5.11. The third kappa shape index (κ3) is 5.55. The number of carbonyl (C=O) groups is 2. The Morgan fingerprint density at radius 2 is 1.80 bits per heavy atom. The molecule has 0 unspecified atom stereocenters. The van der Waals surface area contributed by atoms with Gasteiger partial charge in [-0.25, -0.2) is 0 Å². The van der Waals surface area contributed by atoms with Crippen LogP contribution < -0.4 is 4.74 Å². The van der Waals surface area contributed by atoms with Gasteiger partial charge in [-0.2, -0.15) is 0 Å². The van der Waals surface area contributed by atoms with E-state index in [1.807, 2.05) is 13.0 Å². The van der Waals surface area contributed by atoms with Crippen LogP contribution in [0.1, 0.15) is 68.3 Å². The number of aryl methyl sites for hydroxylation is 1. The zero-order valence-corrected chi connectivity index (χ0v) is 12.7. The molecule has 0 fully saturated rings. The van der Waals surface area contributed by atoms with Gasteiger partial charge in [-0.15, -0.1) is 0 Å². The van der Waals surface area contributed by atoms with Crippen molar-refractivity contribution in [3.63, 3.8) is 0 Å². The average Bonchev–Trinajstić information content (AvgIpc) is 2.40. The van der Waals surface area contributed by atoms with Crippen molar-refractivity contribution in [1.82, 2.24) is 0 Å². The Hall–Kier alpha value is -1.64. The summed E-state index contributed by atoms with van der Waals surface area (Å²) in [6, 6.07) is 5.34. The van der Waals surface area contributed by atoms with Crippen LogP contribution in [0.4, 0.5) is 0 Å². The fourth-order valence-electron chi connectivity index (χ4n) is 2.13. The van der Waals surface area contributed by atoms with Crippen LogP contribution >= 0.6 is 0 Å². The van der Waals surface area contributed by atoms with Gasteiger partial charge >= 0.3 is 5.97 Å². The van der Waals surface area contributed by atoms with Gasteiger partial charge in [0.1, 0.15) is 5.75 Å². The molecule has 3 nitrogen and oxygen atoms in total. The molecule has 0 bridgehead atoms. The standard InChI is InChI=1S/C17H24O3/c1-4-5-6-7-8-9-16(19)15-12-13(2)10-11-17(15)20-14(3)18/h10-12H,4-9H2,1-3H3. The first-order chi connectivity index (χ1) is 9.54. The Bertz CT molecular complexity index is 463. The van der Waals surface area contributed by atoms with Crippen LogP contribution in [0.2, 0.25) is 0 Å². The van der Waals surface area contributed by atoms with Crippen LogP contribution in [0.15, 0.2) is 18.2 Å². The van der Waals surface area contributed by atoms with Crippen molar-refractivity contribution < 1.29 is 14.3 Å². The van der Waals surface area contributed by atoms with Gasteiger partial charge in [-0.3, -0.25) is 9.59 Å². The van der Waals surface area contributed by atoms with Gasteiger partial charge in [0.05, 0.1) is 5.56 Å². The minimum atomic E-state index is -0.397. The summed E-state index contributed by atoms with van der Waals surface area (Å²) in [5.74, 6) is 0.0361. The second-order valence-electron chi connectivity index (χ2n) is 5.18. The molecular weight excluding hydrogens is 252 g/mol. The van der Waals surface area contributed by atoms with E-state index in [1.54, 1.807) is 12.1 Å². The summed E-state index contributed by atoms with van der Waals surface area (Å²) in [6.07, 6.45) is 6.08. The largest absolute Gasteiger partial charge is 0.426 e. The number of rotatable bonds is 8. The maximum atomic E-state index is 12.2. The second-order valence-corrected chi connectivity index (χ2v) is 5.18. The monoisotopic (exact) mass is 276 g/mol. The van der Waals surface area contributed by atoms with E-state index in [0.29, 0.717) is 17.7 Å². The highest BCUT2D eigenvalue weighted by Crippen LogP contribution is 2.23. The molecular formula is C17H24O3. The number of ketones is 1. The smallest absolute Gasteiger partial charge is 0.308 e. The Morgan fingerprint density at radius 1 is 1.10 bits per heavy atom. The third-order valence-electron chi connectivity index (χ3n) is 3.20. The van der Waals surface area contributed by atoms with Crippen molar-refractivity contribution >= 4 is 11.8 Å². The van der Waals surface area contributed by atoms with Gasteiger partial charge in [0, 0.05) is 13.3 Å². The highest BCUT2D eigenvalue weighted by molar-refractivity contribution is 5.99. The topological polar surface area (TPSA) is 43.4 Å². The number of esters is 1. The lowest BCUT2D eigenvalue weighted by atomic mass is 10.0. The van der Waals surface area contributed by atoms with Crippen LogP contribution in [-0.2, 0) is 4.79 Å². The molecule has 1 aromatic carbocycles. The van der Waals surface area contributed by atoms with Gasteiger partial charge < -0.3 is 4.74 Å². The van der Waals surface area contributed by atoms with Crippen molar-refractivity contribution in [2.45, 2.75) is 59.3 Å². The van der Waals surface area contributed by atoms with E-state index in [1.165, 1.54) is 26.2 Å². The molecule has 1 aromatic rings. The molecule has 1 rings (SSSR count). The number of hydrogen-bond donors (Lipinski definition) is 0. The van der Waals surface area contributed by atoms with Crippen molar-refractivity contribution in [3.05, 3.63) is 29.3 Å². The van der Waals surface area contributed by atoms with Crippen LogP contribution in [0.25, 0.3) is 0 Å². The molecule has 0 aliphatic rings. The lowest BCUT2D eigenvalue weighted by Gasteiger charge is -2.09. The van der Waals surface area contributed by atoms with E-state index in [9.17, 15) is 9.59 Å². The minimum absolute atomic E-state index is 0.0569. The third-order valence-corrected chi connectivity index (χ3v) is 3.20. The lowest BCUT2D eigenvalue weighted by Crippen LogP contribution is -2.08. The van der Waals surface area contributed by atoms with Crippen LogP contribution in [-0.4, -0.2) is 11.8 Å². The Labute approximate surface area is 121 Å².